The van der Waals surface area contributed by atoms with Crippen LogP contribution >= 0.6 is 27.7 Å². The minimum absolute atomic E-state index is 0.00517. The van der Waals surface area contributed by atoms with Crippen LogP contribution in [0.15, 0.2) is 53.0 Å². The second kappa shape index (κ2) is 12.0. The summed E-state index contributed by atoms with van der Waals surface area (Å²) in [5, 5.41) is 5.66. The van der Waals surface area contributed by atoms with Gasteiger partial charge in [0, 0.05) is 15.8 Å². The van der Waals surface area contributed by atoms with Crippen LogP contribution in [0.1, 0.15) is 0 Å². The van der Waals surface area contributed by atoms with E-state index in [1.54, 1.807) is 43.5 Å². The number of methoxy groups -OCH3 is 1. The summed E-state index contributed by atoms with van der Waals surface area (Å²) in [6, 6.07) is 14.3. The Balaban J connectivity index is 1.58. The van der Waals surface area contributed by atoms with Gasteiger partial charge in [-0.1, -0.05) is 22.0 Å². The van der Waals surface area contributed by atoms with E-state index < -0.39 is 11.8 Å². The molecule has 0 fully saturated rings. The molecule has 0 saturated carbocycles. The molecule has 0 atom stereocenters. The molecule has 2 aromatic carbocycles. The van der Waals surface area contributed by atoms with E-state index in [1.165, 1.54) is 0 Å². The van der Waals surface area contributed by atoms with Crippen molar-refractivity contribution in [2.45, 2.75) is 0 Å². The van der Waals surface area contributed by atoms with Crippen molar-refractivity contribution in [2.75, 3.05) is 35.8 Å². The molecule has 4 N–H and O–H groups in total. The van der Waals surface area contributed by atoms with Gasteiger partial charge >= 0.3 is 0 Å². The minimum atomic E-state index is -0.400. The number of ether oxygens (including phenoxy) is 1. The van der Waals surface area contributed by atoms with E-state index in [4.69, 9.17) is 4.74 Å². The summed E-state index contributed by atoms with van der Waals surface area (Å²) >= 11 is 4.47. The molecule has 10 heteroatoms. The topological polar surface area (TPSA) is 109 Å². The van der Waals surface area contributed by atoms with E-state index in [0.29, 0.717) is 5.69 Å². The summed E-state index contributed by atoms with van der Waals surface area (Å²) in [5.74, 6) is -0.135. The van der Waals surface area contributed by atoms with Crippen LogP contribution in [-0.4, -0.2) is 42.9 Å². The van der Waals surface area contributed by atoms with Crippen LogP contribution in [0.5, 0.6) is 5.75 Å². The molecule has 0 aliphatic rings. The van der Waals surface area contributed by atoms with Gasteiger partial charge in [0.05, 0.1) is 25.2 Å². The summed E-state index contributed by atoms with van der Waals surface area (Å²) < 4.78 is 5.92. The van der Waals surface area contributed by atoms with E-state index in [-0.39, 0.29) is 24.0 Å². The molecule has 0 bridgehead atoms. The molecule has 3 amide bonds. The Morgan fingerprint density at radius 1 is 0.931 bits per heavy atom. The first-order chi connectivity index (χ1) is 14.0. The van der Waals surface area contributed by atoms with Crippen LogP contribution in [0.4, 0.5) is 11.4 Å². The Labute approximate surface area is 181 Å². The molecule has 154 valence electrons. The minimum Gasteiger partial charge on any atom is -0.497 e. The lowest BCUT2D eigenvalue weighted by Crippen LogP contribution is -2.45. The van der Waals surface area contributed by atoms with Crippen molar-refractivity contribution >= 4 is 56.8 Å². The standard InChI is InChI=1S/C19H21BrN4O4S/c1-28-16-7-5-14(6-8-16)21-10-17(25)23-24-19(27)12-29-11-18(26)22-15-4-2-3-13(20)9-15/h2-9,21H,10-12H2,1H3,(H,22,26)(H,23,25)(H,24,27). The number of carbonyl (C=O) groups excluding carboxylic acids is 3. The molecule has 0 radical (unpaired) electrons. The van der Waals surface area contributed by atoms with Crippen LogP contribution in [0.3, 0.4) is 0 Å². The predicted octanol–water partition coefficient (Wildman–Crippen LogP) is 2.39. The number of thioether (sulfide) groups is 1. The Hall–Kier alpha value is -2.72. The lowest BCUT2D eigenvalue weighted by molar-refractivity contribution is -0.126. The molecule has 2 aromatic rings. The van der Waals surface area contributed by atoms with E-state index >= 15 is 0 Å². The highest BCUT2D eigenvalue weighted by Gasteiger charge is 2.08. The maximum Gasteiger partial charge on any atom is 0.257 e. The van der Waals surface area contributed by atoms with Gasteiger partial charge in [0.2, 0.25) is 11.8 Å². The SMILES string of the molecule is COc1ccc(NCC(=O)NNC(=O)CSCC(=O)Nc2cccc(Br)c2)cc1. The number of amides is 3. The third-order valence-electron chi connectivity index (χ3n) is 3.46. The first kappa shape index (κ1) is 22.6. The van der Waals surface area contributed by atoms with Crippen LogP contribution in [0.2, 0.25) is 0 Å². The van der Waals surface area contributed by atoms with Crippen molar-refractivity contribution in [3.63, 3.8) is 0 Å². The average Bonchev–Trinajstić information content (AvgIpc) is 2.71. The van der Waals surface area contributed by atoms with Gasteiger partial charge in [0.25, 0.3) is 5.91 Å². The zero-order chi connectivity index (χ0) is 21.1. The van der Waals surface area contributed by atoms with Crippen molar-refractivity contribution < 1.29 is 19.1 Å². The molecule has 0 heterocycles. The molecule has 0 unspecified atom stereocenters. The van der Waals surface area contributed by atoms with Gasteiger partial charge in [-0.3, -0.25) is 25.2 Å². The molecule has 0 spiro atoms. The Morgan fingerprint density at radius 2 is 1.62 bits per heavy atom. The zero-order valence-corrected chi connectivity index (χ0v) is 18.1. The van der Waals surface area contributed by atoms with Crippen molar-refractivity contribution in [1.29, 1.82) is 0 Å². The maximum atomic E-state index is 11.9. The molecule has 2 rings (SSSR count). The molecule has 0 aliphatic carbocycles. The number of rotatable bonds is 9. The van der Waals surface area contributed by atoms with Crippen molar-refractivity contribution in [1.82, 2.24) is 10.9 Å². The van der Waals surface area contributed by atoms with Crippen LogP contribution in [0, 0.1) is 0 Å². The number of benzene rings is 2. The van der Waals surface area contributed by atoms with Gasteiger partial charge < -0.3 is 15.4 Å². The number of halogens is 1. The smallest absolute Gasteiger partial charge is 0.257 e. The lowest BCUT2D eigenvalue weighted by atomic mass is 10.3. The first-order valence-corrected chi connectivity index (χ1v) is 10.5. The second-order valence-electron chi connectivity index (χ2n) is 5.73. The summed E-state index contributed by atoms with van der Waals surface area (Å²) in [4.78, 5) is 35.4. The third kappa shape index (κ3) is 8.88. The average molecular weight is 481 g/mol. The number of carbonyl (C=O) groups is 3. The number of hydrazine groups is 1. The highest BCUT2D eigenvalue weighted by Crippen LogP contribution is 2.16. The van der Waals surface area contributed by atoms with Crippen LogP contribution < -0.4 is 26.2 Å². The highest BCUT2D eigenvalue weighted by molar-refractivity contribution is 9.10. The van der Waals surface area contributed by atoms with Gasteiger partial charge in [-0.2, -0.15) is 0 Å². The number of hydrogen-bond donors (Lipinski definition) is 4. The second-order valence-corrected chi connectivity index (χ2v) is 7.63. The number of nitrogens with one attached hydrogen (secondary N) is 4. The normalized spacial score (nSPS) is 10.0. The van der Waals surface area contributed by atoms with E-state index in [9.17, 15) is 14.4 Å². The molecule has 29 heavy (non-hydrogen) atoms. The quantitative estimate of drug-likeness (QED) is 0.410. The molecular formula is C19H21BrN4O4S. The fourth-order valence-corrected chi connectivity index (χ4v) is 3.13. The molecular weight excluding hydrogens is 460 g/mol. The molecule has 8 nitrogen and oxygen atoms in total. The van der Waals surface area contributed by atoms with E-state index in [1.807, 2.05) is 12.1 Å². The van der Waals surface area contributed by atoms with Crippen LogP contribution in [0.25, 0.3) is 0 Å². The summed E-state index contributed by atoms with van der Waals surface area (Å²) in [7, 11) is 1.58. The van der Waals surface area contributed by atoms with Gasteiger partial charge in [-0.15, -0.1) is 11.8 Å². The molecule has 0 aromatic heterocycles. The van der Waals surface area contributed by atoms with Gasteiger partial charge in [-0.25, -0.2) is 0 Å². The highest BCUT2D eigenvalue weighted by atomic mass is 79.9. The number of hydrogen-bond acceptors (Lipinski definition) is 6. The molecule has 0 saturated heterocycles. The van der Waals surface area contributed by atoms with Crippen LogP contribution in [-0.2, 0) is 14.4 Å². The number of anilines is 2. The monoisotopic (exact) mass is 480 g/mol. The molecule has 0 aliphatic heterocycles. The Kier molecular flexibility index (Phi) is 9.32. The van der Waals surface area contributed by atoms with Crippen molar-refractivity contribution in [2.24, 2.45) is 0 Å². The summed E-state index contributed by atoms with van der Waals surface area (Å²) in [6.45, 7) is -0.00517. The summed E-state index contributed by atoms with van der Waals surface area (Å²) in [5.41, 5.74) is 6.05. The van der Waals surface area contributed by atoms with Crippen molar-refractivity contribution in [3.05, 3.63) is 53.0 Å². The zero-order valence-electron chi connectivity index (χ0n) is 15.7. The maximum absolute atomic E-state index is 11.9. The summed E-state index contributed by atoms with van der Waals surface area (Å²) in [6.07, 6.45) is 0. The van der Waals surface area contributed by atoms with Gasteiger partial charge in [0.15, 0.2) is 0 Å². The van der Waals surface area contributed by atoms with Gasteiger partial charge in [-0.05, 0) is 42.5 Å². The van der Waals surface area contributed by atoms with E-state index in [0.717, 1.165) is 27.7 Å². The van der Waals surface area contributed by atoms with Crippen molar-refractivity contribution in [3.8, 4) is 5.75 Å². The van der Waals surface area contributed by atoms with Gasteiger partial charge in [0.1, 0.15) is 5.75 Å². The fourth-order valence-electron chi connectivity index (χ4n) is 2.11. The van der Waals surface area contributed by atoms with E-state index in [2.05, 4.69) is 37.4 Å². The first-order valence-electron chi connectivity index (χ1n) is 8.55. The Morgan fingerprint density at radius 3 is 2.31 bits per heavy atom. The Bertz CT molecular complexity index is 848. The third-order valence-corrected chi connectivity index (χ3v) is 4.88. The largest absolute Gasteiger partial charge is 0.497 e. The predicted molar refractivity (Wildman–Crippen MR) is 118 cm³/mol. The lowest BCUT2D eigenvalue weighted by Gasteiger charge is -2.09. The fraction of sp³-hybridized carbons (Fsp3) is 0.211.